The summed E-state index contributed by atoms with van der Waals surface area (Å²) in [7, 11) is 0. The van der Waals surface area contributed by atoms with E-state index in [1.165, 1.54) is 31.4 Å². The number of ether oxygens (including phenoxy) is 2. The molecule has 0 bridgehead atoms. The van der Waals surface area contributed by atoms with Gasteiger partial charge in [-0.05, 0) is 75.9 Å². The quantitative estimate of drug-likeness (QED) is 0.668. The molecule has 2 heterocycles. The van der Waals surface area contributed by atoms with Gasteiger partial charge in [-0.2, -0.15) is 0 Å². The highest BCUT2D eigenvalue weighted by atomic mass is 16.5. The highest BCUT2D eigenvalue weighted by molar-refractivity contribution is 5.99. The Morgan fingerprint density at radius 3 is 2.50 bits per heavy atom. The molecule has 2 aromatic rings. The summed E-state index contributed by atoms with van der Waals surface area (Å²) in [5.74, 6) is 0.879. The maximum Gasteiger partial charge on any atom is 0.235 e. The van der Waals surface area contributed by atoms with Gasteiger partial charge in [0, 0.05) is 31.5 Å². The van der Waals surface area contributed by atoms with E-state index in [0.29, 0.717) is 38.7 Å². The molecule has 0 aromatic heterocycles. The first-order valence-corrected chi connectivity index (χ1v) is 12.0. The summed E-state index contributed by atoms with van der Waals surface area (Å²) in [6.07, 6.45) is 5.29. The van der Waals surface area contributed by atoms with Gasteiger partial charge in [0.25, 0.3) is 0 Å². The molecule has 0 saturated carbocycles. The van der Waals surface area contributed by atoms with Crippen LogP contribution in [0.15, 0.2) is 48.5 Å². The molecule has 1 amide bonds. The van der Waals surface area contributed by atoms with Crippen molar-refractivity contribution in [3.8, 4) is 5.75 Å². The van der Waals surface area contributed by atoms with Gasteiger partial charge >= 0.3 is 0 Å². The zero-order valence-electron chi connectivity index (χ0n) is 19.4. The predicted molar refractivity (Wildman–Crippen MR) is 128 cm³/mol. The van der Waals surface area contributed by atoms with Gasteiger partial charge in [0.1, 0.15) is 12.4 Å². The Balaban J connectivity index is 1.36. The van der Waals surface area contributed by atoms with Crippen LogP contribution in [0.25, 0.3) is 0 Å². The third-order valence-electron chi connectivity index (χ3n) is 7.09. The molecule has 1 atom stereocenters. The number of amides is 1. The molecule has 5 heteroatoms. The third-order valence-corrected chi connectivity index (χ3v) is 7.09. The molecule has 2 aliphatic heterocycles. The van der Waals surface area contributed by atoms with Crippen LogP contribution >= 0.6 is 0 Å². The van der Waals surface area contributed by atoms with E-state index in [-0.39, 0.29) is 5.91 Å². The van der Waals surface area contributed by atoms with Crippen molar-refractivity contribution in [3.63, 3.8) is 0 Å². The van der Waals surface area contributed by atoms with E-state index >= 15 is 0 Å². The monoisotopic (exact) mass is 436 g/mol. The van der Waals surface area contributed by atoms with E-state index in [2.05, 4.69) is 48.3 Å². The minimum atomic E-state index is -0.549. The second-order valence-corrected chi connectivity index (χ2v) is 9.27. The Labute approximate surface area is 192 Å². The Bertz CT molecular complexity index is 873. The van der Waals surface area contributed by atoms with Gasteiger partial charge in [-0.1, -0.05) is 36.2 Å². The number of hydrogen-bond acceptors (Lipinski definition) is 4. The second kappa shape index (κ2) is 10.5. The highest BCUT2D eigenvalue weighted by Gasteiger charge is 2.41. The number of carbonyl (C=O) groups excluding carboxylic acids is 1. The lowest BCUT2D eigenvalue weighted by Gasteiger charge is -2.36. The van der Waals surface area contributed by atoms with Gasteiger partial charge in [0.15, 0.2) is 0 Å². The van der Waals surface area contributed by atoms with E-state index in [1.54, 1.807) is 0 Å². The molecule has 5 nitrogen and oxygen atoms in total. The first-order valence-electron chi connectivity index (χ1n) is 12.0. The summed E-state index contributed by atoms with van der Waals surface area (Å²) >= 11 is 0. The molecular formula is C27H36N2O3. The predicted octanol–water partition coefficient (Wildman–Crippen LogP) is 4.94. The Hall–Kier alpha value is -2.37. The number of piperidine rings is 1. The molecule has 0 aliphatic carbocycles. The summed E-state index contributed by atoms with van der Waals surface area (Å²) in [5, 5.41) is 3.15. The van der Waals surface area contributed by atoms with Crippen LogP contribution in [0.1, 0.15) is 50.2 Å². The van der Waals surface area contributed by atoms with Crippen LogP contribution in [0.2, 0.25) is 0 Å². The van der Waals surface area contributed by atoms with Crippen LogP contribution in [-0.4, -0.2) is 49.8 Å². The van der Waals surface area contributed by atoms with E-state index in [1.807, 2.05) is 24.3 Å². The Morgan fingerprint density at radius 1 is 1.09 bits per heavy atom. The van der Waals surface area contributed by atoms with Crippen LogP contribution < -0.4 is 10.1 Å². The van der Waals surface area contributed by atoms with Crippen molar-refractivity contribution < 1.29 is 14.3 Å². The van der Waals surface area contributed by atoms with Gasteiger partial charge < -0.3 is 14.8 Å². The molecule has 4 rings (SSSR count). The molecule has 172 valence electrons. The molecule has 2 aromatic carbocycles. The van der Waals surface area contributed by atoms with Gasteiger partial charge in [-0.25, -0.2) is 0 Å². The fraction of sp³-hybridized carbons (Fsp3) is 0.519. The maximum atomic E-state index is 13.4. The Morgan fingerprint density at radius 2 is 1.81 bits per heavy atom. The number of benzene rings is 2. The smallest absolute Gasteiger partial charge is 0.235 e. The number of hydrogen-bond donors (Lipinski definition) is 1. The average Bonchev–Trinajstić information content (AvgIpc) is 2.82. The van der Waals surface area contributed by atoms with Crippen molar-refractivity contribution in [2.24, 2.45) is 0 Å². The molecule has 0 unspecified atom stereocenters. The van der Waals surface area contributed by atoms with Crippen LogP contribution in [0, 0.1) is 6.92 Å². The lowest BCUT2D eigenvalue weighted by atomic mass is 9.73. The fourth-order valence-electron chi connectivity index (χ4n) is 4.90. The van der Waals surface area contributed by atoms with Crippen molar-refractivity contribution >= 4 is 11.6 Å². The van der Waals surface area contributed by atoms with Crippen LogP contribution in [0.3, 0.4) is 0 Å². The van der Waals surface area contributed by atoms with E-state index in [4.69, 9.17) is 9.47 Å². The normalized spacial score (nSPS) is 21.1. The lowest BCUT2D eigenvalue weighted by Crippen LogP contribution is -2.44. The molecule has 32 heavy (non-hydrogen) atoms. The number of anilines is 1. The largest absolute Gasteiger partial charge is 0.492 e. The van der Waals surface area contributed by atoms with Gasteiger partial charge in [-0.15, -0.1) is 0 Å². The van der Waals surface area contributed by atoms with Gasteiger partial charge in [-0.3, -0.25) is 9.69 Å². The molecule has 2 fully saturated rings. The minimum Gasteiger partial charge on any atom is -0.492 e. The Kier molecular flexibility index (Phi) is 7.48. The maximum absolute atomic E-state index is 13.4. The van der Waals surface area contributed by atoms with E-state index in [9.17, 15) is 4.79 Å². The molecule has 2 saturated heterocycles. The SMILES string of the molecule is Cc1ccc(C2(C(=O)Nc3ccc(OCCN4CCCC[C@H]4C)cc3)CCOCC2)cc1. The van der Waals surface area contributed by atoms with Crippen molar-refractivity contribution in [1.82, 2.24) is 4.90 Å². The second-order valence-electron chi connectivity index (χ2n) is 9.27. The van der Waals surface area contributed by atoms with Crippen molar-refractivity contribution in [2.75, 3.05) is 38.2 Å². The topological polar surface area (TPSA) is 50.8 Å². The summed E-state index contributed by atoms with van der Waals surface area (Å²) in [4.78, 5) is 15.9. The number of nitrogens with one attached hydrogen (secondary N) is 1. The minimum absolute atomic E-state index is 0.0393. The van der Waals surface area contributed by atoms with Crippen LogP contribution in [0.4, 0.5) is 5.69 Å². The van der Waals surface area contributed by atoms with Gasteiger partial charge in [0.2, 0.25) is 5.91 Å². The number of aryl methyl sites for hydroxylation is 1. The third kappa shape index (κ3) is 5.33. The summed E-state index contributed by atoms with van der Waals surface area (Å²) in [6.45, 7) is 8.39. The summed E-state index contributed by atoms with van der Waals surface area (Å²) < 4.78 is 11.5. The van der Waals surface area contributed by atoms with E-state index in [0.717, 1.165) is 23.5 Å². The van der Waals surface area contributed by atoms with Gasteiger partial charge in [0.05, 0.1) is 5.41 Å². The van der Waals surface area contributed by atoms with Crippen molar-refractivity contribution in [3.05, 3.63) is 59.7 Å². The number of rotatable bonds is 7. The number of nitrogens with zero attached hydrogens (tertiary/aromatic N) is 1. The molecule has 1 N–H and O–H groups in total. The van der Waals surface area contributed by atoms with E-state index < -0.39 is 5.41 Å². The fourth-order valence-corrected chi connectivity index (χ4v) is 4.90. The van der Waals surface area contributed by atoms with Crippen LogP contribution in [0.5, 0.6) is 5.75 Å². The van der Waals surface area contributed by atoms with Crippen molar-refractivity contribution in [1.29, 1.82) is 0 Å². The average molecular weight is 437 g/mol. The first-order chi connectivity index (χ1) is 15.6. The molecule has 2 aliphatic rings. The van der Waals surface area contributed by atoms with Crippen LogP contribution in [-0.2, 0) is 14.9 Å². The number of carbonyl (C=O) groups is 1. The summed E-state index contributed by atoms with van der Waals surface area (Å²) in [6, 6.07) is 16.7. The molecular weight excluding hydrogens is 400 g/mol. The zero-order valence-corrected chi connectivity index (χ0v) is 19.4. The molecule has 0 spiro atoms. The summed E-state index contributed by atoms with van der Waals surface area (Å²) in [5.41, 5.74) is 2.51. The molecule has 0 radical (unpaired) electrons. The highest BCUT2D eigenvalue weighted by Crippen LogP contribution is 2.36. The lowest BCUT2D eigenvalue weighted by molar-refractivity contribution is -0.125. The van der Waals surface area contributed by atoms with Crippen molar-refractivity contribution in [2.45, 2.75) is 57.4 Å². The standard InChI is InChI=1S/C27H36N2O3/c1-21-6-8-23(9-7-21)27(14-18-31-19-15-27)26(30)28-24-10-12-25(13-11-24)32-20-17-29-16-4-3-5-22(29)2/h6-13,22H,3-5,14-20H2,1-2H3,(H,28,30)/t22-/m1/s1. The number of likely N-dealkylation sites (tertiary alicyclic amines) is 1. The zero-order chi connectivity index (χ0) is 22.4. The first kappa shape index (κ1) is 22.8.